The van der Waals surface area contributed by atoms with Crippen molar-refractivity contribution < 1.29 is 9.47 Å². The number of ether oxygens (including phenoxy) is 2. The largest absolute Gasteiger partial charge is 0.454 e. The monoisotopic (exact) mass is 388 g/mol. The van der Waals surface area contributed by atoms with E-state index in [2.05, 4.69) is 20.6 Å². The van der Waals surface area contributed by atoms with Gasteiger partial charge in [0.1, 0.15) is 5.82 Å². The molecule has 0 fully saturated rings. The van der Waals surface area contributed by atoms with E-state index in [9.17, 15) is 0 Å². The van der Waals surface area contributed by atoms with Gasteiger partial charge in [-0.2, -0.15) is 4.98 Å². The molecule has 0 spiro atoms. The molecule has 3 aromatic rings. The molecular weight excluding hydrogens is 375 g/mol. The molecule has 0 saturated carbocycles. The molecule has 6 nitrogen and oxygen atoms in total. The van der Waals surface area contributed by atoms with Gasteiger partial charge in [0.05, 0.1) is 0 Å². The molecule has 4 rings (SSSR count). The van der Waals surface area contributed by atoms with Gasteiger partial charge in [0.15, 0.2) is 11.5 Å². The smallest absolute Gasteiger partial charge is 0.231 e. The minimum absolute atomic E-state index is 0.260. The highest BCUT2D eigenvalue weighted by atomic mass is 35.5. The van der Waals surface area contributed by atoms with Gasteiger partial charge in [0, 0.05) is 28.5 Å². The molecule has 0 atom stereocenters. The van der Waals surface area contributed by atoms with Crippen LogP contribution < -0.4 is 20.1 Å². The van der Waals surface area contributed by atoms with Gasteiger partial charge in [-0.1, -0.05) is 29.3 Å². The molecular formula is C18H14Cl2N4O2. The zero-order chi connectivity index (χ0) is 17.9. The molecule has 8 heteroatoms. The highest BCUT2D eigenvalue weighted by Gasteiger charge is 2.13. The van der Waals surface area contributed by atoms with Crippen LogP contribution in [0.3, 0.4) is 0 Å². The second-order valence-corrected chi connectivity index (χ2v) is 6.46. The summed E-state index contributed by atoms with van der Waals surface area (Å²) in [5.74, 6) is 2.64. The van der Waals surface area contributed by atoms with Gasteiger partial charge in [0.2, 0.25) is 12.7 Å². The lowest BCUT2D eigenvalue weighted by Gasteiger charge is -2.09. The molecule has 132 valence electrons. The van der Waals surface area contributed by atoms with Crippen LogP contribution in [0.15, 0.2) is 48.7 Å². The highest BCUT2D eigenvalue weighted by Crippen LogP contribution is 2.32. The summed E-state index contributed by atoms with van der Waals surface area (Å²) in [4.78, 5) is 8.67. The van der Waals surface area contributed by atoms with Crippen LogP contribution in [0.4, 0.5) is 17.5 Å². The number of benzene rings is 2. The topological polar surface area (TPSA) is 68.3 Å². The first-order chi connectivity index (χ1) is 12.7. The summed E-state index contributed by atoms with van der Waals surface area (Å²) >= 11 is 12.0. The summed E-state index contributed by atoms with van der Waals surface area (Å²) in [5, 5.41) is 7.45. The molecule has 26 heavy (non-hydrogen) atoms. The van der Waals surface area contributed by atoms with Crippen LogP contribution in [-0.2, 0) is 6.54 Å². The molecule has 2 heterocycles. The molecule has 0 radical (unpaired) electrons. The molecule has 1 aliphatic rings. The summed E-state index contributed by atoms with van der Waals surface area (Å²) in [7, 11) is 0. The minimum atomic E-state index is 0.260. The number of hydrogen-bond acceptors (Lipinski definition) is 6. The van der Waals surface area contributed by atoms with Gasteiger partial charge in [-0.25, -0.2) is 4.98 Å². The first-order valence-electron chi connectivity index (χ1n) is 7.84. The van der Waals surface area contributed by atoms with E-state index in [0.29, 0.717) is 28.4 Å². The Kier molecular flexibility index (Phi) is 4.69. The quantitative estimate of drug-likeness (QED) is 0.649. The third-order valence-corrected chi connectivity index (χ3v) is 4.11. The summed E-state index contributed by atoms with van der Waals surface area (Å²) in [6, 6.07) is 12.8. The number of fused-ring (bicyclic) bond motifs is 1. The highest BCUT2D eigenvalue weighted by molar-refractivity contribution is 6.35. The summed E-state index contributed by atoms with van der Waals surface area (Å²) in [6.07, 6.45) is 1.67. The van der Waals surface area contributed by atoms with Gasteiger partial charge in [-0.15, -0.1) is 0 Å². The van der Waals surface area contributed by atoms with E-state index < -0.39 is 0 Å². The number of nitrogens with one attached hydrogen (secondary N) is 2. The van der Waals surface area contributed by atoms with Gasteiger partial charge >= 0.3 is 0 Å². The van der Waals surface area contributed by atoms with Crippen molar-refractivity contribution in [3.05, 3.63) is 64.3 Å². The number of nitrogens with zero attached hydrogens (tertiary/aromatic N) is 2. The molecule has 2 aromatic carbocycles. The summed E-state index contributed by atoms with van der Waals surface area (Å²) in [6.45, 7) is 0.819. The number of rotatable bonds is 5. The average Bonchev–Trinajstić information content (AvgIpc) is 3.07. The summed E-state index contributed by atoms with van der Waals surface area (Å²) < 4.78 is 10.7. The zero-order valence-corrected chi connectivity index (χ0v) is 15.0. The first-order valence-corrected chi connectivity index (χ1v) is 8.60. The predicted molar refractivity (Wildman–Crippen MR) is 102 cm³/mol. The van der Waals surface area contributed by atoms with Crippen LogP contribution >= 0.6 is 23.2 Å². The number of hydrogen-bond donors (Lipinski definition) is 2. The van der Waals surface area contributed by atoms with Crippen molar-refractivity contribution in [2.75, 3.05) is 17.4 Å². The first kappa shape index (κ1) is 16.8. The molecule has 0 aliphatic carbocycles. The average molecular weight is 389 g/mol. The number of halogens is 2. The Bertz CT molecular complexity index is 932. The van der Waals surface area contributed by atoms with E-state index >= 15 is 0 Å². The number of anilines is 3. The van der Waals surface area contributed by atoms with Crippen LogP contribution in [-0.4, -0.2) is 16.8 Å². The molecule has 0 bridgehead atoms. The lowest BCUT2D eigenvalue weighted by molar-refractivity contribution is 0.174. The molecule has 0 unspecified atom stereocenters. The Morgan fingerprint density at radius 3 is 2.62 bits per heavy atom. The van der Waals surface area contributed by atoms with Crippen molar-refractivity contribution in [1.82, 2.24) is 9.97 Å². The van der Waals surface area contributed by atoms with Gasteiger partial charge in [0.25, 0.3) is 0 Å². The van der Waals surface area contributed by atoms with Crippen molar-refractivity contribution >= 4 is 40.7 Å². The van der Waals surface area contributed by atoms with Crippen LogP contribution in [0, 0.1) is 0 Å². The fourth-order valence-electron chi connectivity index (χ4n) is 2.52. The minimum Gasteiger partial charge on any atom is -0.454 e. The SMILES string of the molecule is Clc1cc(Cl)cc(Nc2ccnc(NCc3ccc4c(c3)OCO4)n2)c1. The lowest BCUT2D eigenvalue weighted by Crippen LogP contribution is -2.05. The van der Waals surface area contributed by atoms with Crippen molar-refractivity contribution in [3.63, 3.8) is 0 Å². The van der Waals surface area contributed by atoms with Gasteiger partial charge in [-0.3, -0.25) is 0 Å². The van der Waals surface area contributed by atoms with Crippen LogP contribution in [0.2, 0.25) is 10.0 Å². The maximum Gasteiger partial charge on any atom is 0.231 e. The third kappa shape index (κ3) is 3.92. The van der Waals surface area contributed by atoms with Crippen molar-refractivity contribution in [1.29, 1.82) is 0 Å². The molecule has 1 aliphatic heterocycles. The van der Waals surface area contributed by atoms with Gasteiger partial charge in [-0.05, 0) is 42.0 Å². The lowest BCUT2D eigenvalue weighted by atomic mass is 10.2. The molecule has 1 aromatic heterocycles. The maximum atomic E-state index is 6.02. The third-order valence-electron chi connectivity index (χ3n) is 3.68. The normalized spacial score (nSPS) is 12.1. The second kappa shape index (κ2) is 7.27. The van der Waals surface area contributed by atoms with E-state index in [1.165, 1.54) is 0 Å². The number of aromatic nitrogens is 2. The van der Waals surface area contributed by atoms with E-state index in [4.69, 9.17) is 32.7 Å². The van der Waals surface area contributed by atoms with E-state index in [-0.39, 0.29) is 6.79 Å². The molecule has 2 N–H and O–H groups in total. The van der Waals surface area contributed by atoms with Crippen molar-refractivity contribution in [2.24, 2.45) is 0 Å². The second-order valence-electron chi connectivity index (χ2n) is 5.59. The van der Waals surface area contributed by atoms with Gasteiger partial charge < -0.3 is 20.1 Å². The Morgan fingerprint density at radius 2 is 1.77 bits per heavy atom. The Balaban J connectivity index is 1.44. The Hall–Kier alpha value is -2.70. The van der Waals surface area contributed by atoms with Crippen molar-refractivity contribution in [3.8, 4) is 11.5 Å². The van der Waals surface area contributed by atoms with Crippen molar-refractivity contribution in [2.45, 2.75) is 6.54 Å². The maximum absolute atomic E-state index is 6.02. The predicted octanol–water partition coefficient (Wildman–Crippen LogP) is 4.87. The standard InChI is InChI=1S/C18H14Cl2N4O2/c19-12-6-13(20)8-14(7-12)23-17-3-4-21-18(24-17)22-9-11-1-2-15-16(5-11)26-10-25-15/h1-8H,9-10H2,(H2,21,22,23,24). The van der Waals surface area contributed by atoms with Crippen LogP contribution in [0.1, 0.15) is 5.56 Å². The Labute approximate surface area is 160 Å². The van der Waals surface area contributed by atoms with E-state index in [1.807, 2.05) is 18.2 Å². The molecule has 0 amide bonds. The Morgan fingerprint density at radius 1 is 0.962 bits per heavy atom. The van der Waals surface area contributed by atoms with Crippen LogP contribution in [0.5, 0.6) is 11.5 Å². The van der Waals surface area contributed by atoms with Crippen LogP contribution in [0.25, 0.3) is 0 Å². The zero-order valence-electron chi connectivity index (χ0n) is 13.5. The summed E-state index contributed by atoms with van der Waals surface area (Å²) in [5.41, 5.74) is 1.79. The molecule has 0 saturated heterocycles. The van der Waals surface area contributed by atoms with E-state index in [1.54, 1.807) is 30.5 Å². The fraction of sp³-hybridized carbons (Fsp3) is 0.111. The van der Waals surface area contributed by atoms with E-state index in [0.717, 1.165) is 22.7 Å². The fourth-order valence-corrected chi connectivity index (χ4v) is 3.05.